The first-order valence-electron chi connectivity index (χ1n) is 5.28. The molecule has 19 heavy (non-hydrogen) atoms. The molecule has 0 aliphatic heterocycles. The molecular weight excluding hydrogens is 287 g/mol. The van der Waals surface area contributed by atoms with Crippen molar-refractivity contribution in [3.8, 4) is 0 Å². The van der Waals surface area contributed by atoms with Gasteiger partial charge < -0.3 is 4.84 Å². The number of nitrogens with zero attached hydrogens (tertiary/aromatic N) is 2. The van der Waals surface area contributed by atoms with Crippen molar-refractivity contribution in [2.45, 2.75) is 0 Å². The summed E-state index contributed by atoms with van der Waals surface area (Å²) in [6.45, 7) is 0. The van der Waals surface area contributed by atoms with Crippen molar-refractivity contribution in [2.24, 2.45) is 5.16 Å². The number of carbonyl (C=O) groups is 1. The lowest BCUT2D eigenvalue weighted by molar-refractivity contribution is 0.0519. The lowest BCUT2D eigenvalue weighted by atomic mass is 10.2. The summed E-state index contributed by atoms with van der Waals surface area (Å²) in [7, 11) is 0. The second-order valence-corrected chi connectivity index (χ2v) is 4.30. The van der Waals surface area contributed by atoms with Crippen LogP contribution in [0.4, 0.5) is 0 Å². The van der Waals surface area contributed by atoms with E-state index in [9.17, 15) is 4.79 Å². The molecule has 0 aliphatic rings. The average Bonchev–Trinajstić information content (AvgIpc) is 2.38. The van der Waals surface area contributed by atoms with Crippen molar-refractivity contribution in [3.05, 3.63) is 63.9 Å². The van der Waals surface area contributed by atoms with E-state index >= 15 is 0 Å². The number of oxime groups is 1. The van der Waals surface area contributed by atoms with Gasteiger partial charge >= 0.3 is 5.97 Å². The minimum Gasteiger partial charge on any atom is -0.313 e. The fourth-order valence-electron chi connectivity index (χ4n) is 1.32. The molecule has 0 atom stereocenters. The van der Waals surface area contributed by atoms with Gasteiger partial charge in [0, 0.05) is 5.56 Å². The predicted molar refractivity (Wildman–Crippen MR) is 73.7 cm³/mol. The van der Waals surface area contributed by atoms with Crippen LogP contribution in [0.5, 0.6) is 0 Å². The molecule has 2 rings (SSSR count). The Hall–Kier alpha value is -1.91. The molecule has 1 aromatic heterocycles. The van der Waals surface area contributed by atoms with E-state index in [1.54, 1.807) is 42.5 Å². The summed E-state index contributed by atoms with van der Waals surface area (Å²) in [4.78, 5) is 20.1. The number of hydrogen-bond donors (Lipinski definition) is 0. The molecule has 2 aromatic rings. The van der Waals surface area contributed by atoms with E-state index in [1.165, 1.54) is 6.21 Å². The maximum absolute atomic E-state index is 11.6. The highest BCUT2D eigenvalue weighted by Crippen LogP contribution is 2.13. The zero-order chi connectivity index (χ0) is 13.7. The van der Waals surface area contributed by atoms with Gasteiger partial charge in [0.2, 0.25) is 0 Å². The van der Waals surface area contributed by atoms with Crippen LogP contribution in [0.1, 0.15) is 15.9 Å². The molecule has 4 nitrogen and oxygen atoms in total. The summed E-state index contributed by atoms with van der Waals surface area (Å²) >= 11 is 11.4. The molecule has 0 N–H and O–H groups in total. The smallest absolute Gasteiger partial charge is 0.313 e. The van der Waals surface area contributed by atoms with Gasteiger partial charge in [-0.3, -0.25) is 0 Å². The summed E-state index contributed by atoms with van der Waals surface area (Å²) in [5, 5.41) is 4.06. The van der Waals surface area contributed by atoms with E-state index in [0.717, 1.165) is 0 Å². The molecule has 1 aromatic carbocycles. The van der Waals surface area contributed by atoms with Crippen LogP contribution in [-0.2, 0) is 4.84 Å². The summed E-state index contributed by atoms with van der Waals surface area (Å²) in [5.41, 5.74) is 1.01. The third-order valence-corrected chi connectivity index (χ3v) is 2.52. The zero-order valence-corrected chi connectivity index (χ0v) is 11.1. The Kier molecular flexibility index (Phi) is 4.49. The summed E-state index contributed by atoms with van der Waals surface area (Å²) in [5.74, 6) is -0.539. The van der Waals surface area contributed by atoms with Gasteiger partial charge in [-0.1, -0.05) is 46.6 Å². The average molecular weight is 295 g/mol. The van der Waals surface area contributed by atoms with E-state index < -0.39 is 5.97 Å². The van der Waals surface area contributed by atoms with Crippen LogP contribution >= 0.6 is 23.2 Å². The maximum Gasteiger partial charge on any atom is 0.365 e. The van der Waals surface area contributed by atoms with Crippen molar-refractivity contribution in [3.63, 3.8) is 0 Å². The Labute approximate surface area is 119 Å². The van der Waals surface area contributed by atoms with Crippen molar-refractivity contribution >= 4 is 35.4 Å². The Bertz CT molecular complexity index is 595. The molecule has 0 bridgehead atoms. The Morgan fingerprint density at radius 1 is 1.16 bits per heavy atom. The molecule has 0 spiro atoms. The van der Waals surface area contributed by atoms with Gasteiger partial charge in [0.1, 0.15) is 10.3 Å². The molecule has 0 radical (unpaired) electrons. The third kappa shape index (κ3) is 4.05. The molecule has 1 heterocycles. The summed E-state index contributed by atoms with van der Waals surface area (Å²) < 4.78 is 0. The number of aromatic nitrogens is 1. The van der Waals surface area contributed by atoms with E-state index in [1.807, 2.05) is 0 Å². The molecule has 0 amide bonds. The number of hydrogen-bond acceptors (Lipinski definition) is 4. The predicted octanol–water partition coefficient (Wildman–Crippen LogP) is 3.58. The van der Waals surface area contributed by atoms with Crippen LogP contribution < -0.4 is 0 Å². The van der Waals surface area contributed by atoms with Gasteiger partial charge in [0.25, 0.3) is 0 Å². The molecule has 6 heteroatoms. The lowest BCUT2D eigenvalue weighted by Crippen LogP contribution is -2.00. The summed E-state index contributed by atoms with van der Waals surface area (Å²) in [6, 6.07) is 11.7. The Morgan fingerprint density at radius 2 is 1.79 bits per heavy atom. The van der Waals surface area contributed by atoms with Crippen LogP contribution in [-0.4, -0.2) is 17.2 Å². The number of benzene rings is 1. The Morgan fingerprint density at radius 3 is 2.42 bits per heavy atom. The quantitative estimate of drug-likeness (QED) is 0.376. The van der Waals surface area contributed by atoms with Crippen LogP contribution in [0.25, 0.3) is 0 Å². The number of halogens is 2. The van der Waals surface area contributed by atoms with Crippen molar-refractivity contribution < 1.29 is 9.63 Å². The Balaban J connectivity index is 2.02. The highest BCUT2D eigenvalue weighted by Gasteiger charge is 2.04. The highest BCUT2D eigenvalue weighted by molar-refractivity contribution is 6.32. The highest BCUT2D eigenvalue weighted by atomic mass is 35.5. The number of pyridine rings is 1. The monoisotopic (exact) mass is 294 g/mol. The van der Waals surface area contributed by atoms with E-state index in [-0.39, 0.29) is 10.3 Å². The van der Waals surface area contributed by atoms with Crippen molar-refractivity contribution in [2.75, 3.05) is 0 Å². The molecule has 96 valence electrons. The minimum atomic E-state index is -0.539. The van der Waals surface area contributed by atoms with Gasteiger partial charge in [-0.05, 0) is 24.3 Å². The number of rotatable bonds is 3. The maximum atomic E-state index is 11.6. The second-order valence-electron chi connectivity index (χ2n) is 3.53. The first-order chi connectivity index (χ1) is 9.15. The topological polar surface area (TPSA) is 51.5 Å². The third-order valence-electron chi connectivity index (χ3n) is 2.13. The fraction of sp³-hybridized carbons (Fsp3) is 0. The van der Waals surface area contributed by atoms with Crippen LogP contribution in [0.15, 0.2) is 47.6 Å². The minimum absolute atomic E-state index is 0.239. The molecule has 0 aliphatic carbocycles. The molecule has 0 fully saturated rings. The van der Waals surface area contributed by atoms with Gasteiger partial charge in [-0.15, -0.1) is 0 Å². The normalized spacial score (nSPS) is 10.6. The lowest BCUT2D eigenvalue weighted by Gasteiger charge is -1.98. The van der Waals surface area contributed by atoms with Gasteiger partial charge in [-0.2, -0.15) is 0 Å². The second kappa shape index (κ2) is 6.31. The van der Waals surface area contributed by atoms with Gasteiger partial charge in [-0.25, -0.2) is 9.78 Å². The standard InChI is InChI=1S/C13H8Cl2N2O2/c14-11-6-9(7-12(15)17-11)8-16-19-13(18)10-4-2-1-3-5-10/h1-8H. The molecule has 0 unspecified atom stereocenters. The zero-order valence-electron chi connectivity index (χ0n) is 9.59. The van der Waals surface area contributed by atoms with E-state index in [4.69, 9.17) is 28.0 Å². The fourth-order valence-corrected chi connectivity index (χ4v) is 1.80. The largest absolute Gasteiger partial charge is 0.365 e. The van der Waals surface area contributed by atoms with Crippen molar-refractivity contribution in [1.82, 2.24) is 4.98 Å². The van der Waals surface area contributed by atoms with Gasteiger partial charge in [0.15, 0.2) is 0 Å². The van der Waals surface area contributed by atoms with Crippen LogP contribution in [0.3, 0.4) is 0 Å². The molecular formula is C13H8Cl2N2O2. The number of carbonyl (C=O) groups excluding carboxylic acids is 1. The first kappa shape index (κ1) is 13.5. The molecule has 0 saturated carbocycles. The van der Waals surface area contributed by atoms with Crippen LogP contribution in [0.2, 0.25) is 10.3 Å². The van der Waals surface area contributed by atoms with E-state index in [2.05, 4.69) is 10.1 Å². The summed E-state index contributed by atoms with van der Waals surface area (Å²) in [6.07, 6.45) is 1.33. The SMILES string of the molecule is O=C(ON=Cc1cc(Cl)nc(Cl)c1)c1ccccc1. The molecule has 0 saturated heterocycles. The van der Waals surface area contributed by atoms with Crippen molar-refractivity contribution in [1.29, 1.82) is 0 Å². The van der Waals surface area contributed by atoms with Gasteiger partial charge in [0.05, 0.1) is 11.8 Å². The van der Waals surface area contributed by atoms with Crippen LogP contribution in [0, 0.1) is 0 Å². The first-order valence-corrected chi connectivity index (χ1v) is 6.03. The van der Waals surface area contributed by atoms with E-state index in [0.29, 0.717) is 11.1 Å².